The first-order valence-corrected chi connectivity index (χ1v) is 7.20. The number of hydrogen-bond donors (Lipinski definition) is 3. The van der Waals surface area contributed by atoms with Gasteiger partial charge < -0.3 is 5.32 Å². The van der Waals surface area contributed by atoms with Crippen LogP contribution in [0.4, 0.5) is 0 Å². The molecule has 1 aliphatic heterocycles. The van der Waals surface area contributed by atoms with Crippen LogP contribution in [0.2, 0.25) is 0 Å². The predicted molar refractivity (Wildman–Crippen MR) is 82.1 cm³/mol. The van der Waals surface area contributed by atoms with Gasteiger partial charge in [0.2, 0.25) is 5.91 Å². The second-order valence-electron chi connectivity index (χ2n) is 5.27. The van der Waals surface area contributed by atoms with Gasteiger partial charge in [-0.15, -0.1) is 0 Å². The Bertz CT molecular complexity index is 585. The van der Waals surface area contributed by atoms with Crippen LogP contribution >= 0.6 is 0 Å². The fourth-order valence-electron chi connectivity index (χ4n) is 2.58. The number of nitrogens with one attached hydrogen (secondary N) is 3. The molecule has 2 atom stereocenters. The Morgan fingerprint density at radius 1 is 1.00 bits per heavy atom. The zero-order chi connectivity index (χ0) is 14.5. The number of rotatable bonds is 4. The van der Waals surface area contributed by atoms with Crippen molar-refractivity contribution in [2.24, 2.45) is 0 Å². The van der Waals surface area contributed by atoms with Crippen molar-refractivity contribution in [2.45, 2.75) is 25.0 Å². The summed E-state index contributed by atoms with van der Waals surface area (Å²) in [6.45, 7) is 0. The minimum atomic E-state index is -0.0357. The summed E-state index contributed by atoms with van der Waals surface area (Å²) in [4.78, 5) is 12.0. The van der Waals surface area contributed by atoms with Gasteiger partial charge in [-0.3, -0.25) is 4.79 Å². The molecule has 0 radical (unpaired) electrons. The van der Waals surface area contributed by atoms with Crippen LogP contribution in [0.3, 0.4) is 0 Å². The third kappa shape index (κ3) is 3.68. The number of amides is 1. The van der Waals surface area contributed by atoms with E-state index in [1.54, 1.807) is 0 Å². The third-order valence-corrected chi connectivity index (χ3v) is 3.65. The lowest BCUT2D eigenvalue weighted by Gasteiger charge is -2.12. The maximum absolute atomic E-state index is 12.0. The zero-order valence-electron chi connectivity index (χ0n) is 11.8. The molecule has 1 fully saturated rings. The van der Waals surface area contributed by atoms with Crippen LogP contribution in [0, 0.1) is 0 Å². The standard InChI is InChI=1S/C17H19N3O/c21-17(11-13-7-3-1-4-8-13)18-16-12-15(19-20-16)14-9-5-2-6-10-14/h1-10,15-16,19-20H,11-12H2,(H,18,21). The summed E-state index contributed by atoms with van der Waals surface area (Å²) in [5.41, 5.74) is 8.62. The normalized spacial score (nSPS) is 21.1. The van der Waals surface area contributed by atoms with E-state index in [2.05, 4.69) is 28.3 Å². The van der Waals surface area contributed by atoms with Crippen LogP contribution < -0.4 is 16.2 Å². The fraction of sp³-hybridized carbons (Fsp3) is 0.235. The molecular weight excluding hydrogens is 262 g/mol. The summed E-state index contributed by atoms with van der Waals surface area (Å²) in [7, 11) is 0. The SMILES string of the molecule is O=C(Cc1ccccc1)NC1CC(c2ccccc2)NN1. The molecule has 21 heavy (non-hydrogen) atoms. The maximum Gasteiger partial charge on any atom is 0.225 e. The van der Waals surface area contributed by atoms with E-state index >= 15 is 0 Å². The molecule has 0 aromatic heterocycles. The van der Waals surface area contributed by atoms with E-state index in [-0.39, 0.29) is 18.1 Å². The minimum Gasteiger partial charge on any atom is -0.339 e. The highest BCUT2D eigenvalue weighted by Crippen LogP contribution is 2.20. The van der Waals surface area contributed by atoms with Crippen molar-refractivity contribution in [3.05, 3.63) is 71.8 Å². The average Bonchev–Trinajstić information content (AvgIpc) is 2.97. The van der Waals surface area contributed by atoms with E-state index in [0.717, 1.165) is 12.0 Å². The molecule has 1 aliphatic rings. The van der Waals surface area contributed by atoms with Gasteiger partial charge in [-0.25, -0.2) is 10.9 Å². The molecule has 1 heterocycles. The van der Waals surface area contributed by atoms with E-state index in [9.17, 15) is 4.79 Å². The Hall–Kier alpha value is -2.17. The van der Waals surface area contributed by atoms with Gasteiger partial charge in [0, 0.05) is 12.5 Å². The highest BCUT2D eigenvalue weighted by atomic mass is 16.1. The molecule has 2 aromatic rings. The lowest BCUT2D eigenvalue weighted by Crippen LogP contribution is -2.44. The summed E-state index contributed by atoms with van der Waals surface area (Å²) in [5, 5.41) is 3.01. The van der Waals surface area contributed by atoms with Gasteiger partial charge in [0.05, 0.1) is 12.6 Å². The highest BCUT2D eigenvalue weighted by molar-refractivity contribution is 5.78. The molecule has 108 valence electrons. The lowest BCUT2D eigenvalue weighted by molar-refractivity contribution is -0.121. The van der Waals surface area contributed by atoms with Crippen LogP contribution in [0.5, 0.6) is 0 Å². The number of carbonyl (C=O) groups is 1. The molecule has 4 heteroatoms. The summed E-state index contributed by atoms with van der Waals surface area (Å²) in [6, 6.07) is 20.2. The third-order valence-electron chi connectivity index (χ3n) is 3.65. The van der Waals surface area contributed by atoms with Crippen LogP contribution in [0.15, 0.2) is 60.7 Å². The van der Waals surface area contributed by atoms with Gasteiger partial charge in [-0.1, -0.05) is 60.7 Å². The maximum atomic E-state index is 12.0. The largest absolute Gasteiger partial charge is 0.339 e. The number of carbonyl (C=O) groups excluding carboxylic acids is 1. The topological polar surface area (TPSA) is 53.2 Å². The molecule has 1 amide bonds. The van der Waals surface area contributed by atoms with Gasteiger partial charge in [0.25, 0.3) is 0 Å². The number of hydrogen-bond acceptors (Lipinski definition) is 3. The van der Waals surface area contributed by atoms with E-state index < -0.39 is 0 Å². The molecule has 2 aromatic carbocycles. The summed E-state index contributed by atoms with van der Waals surface area (Å²) >= 11 is 0. The van der Waals surface area contributed by atoms with Gasteiger partial charge in [0.1, 0.15) is 0 Å². The van der Waals surface area contributed by atoms with Crippen molar-refractivity contribution in [2.75, 3.05) is 0 Å². The van der Waals surface area contributed by atoms with Crippen molar-refractivity contribution in [1.82, 2.24) is 16.2 Å². The Labute approximate surface area is 124 Å². The predicted octanol–water partition coefficient (Wildman–Crippen LogP) is 1.91. The van der Waals surface area contributed by atoms with Crippen molar-refractivity contribution in [1.29, 1.82) is 0 Å². The quantitative estimate of drug-likeness (QED) is 0.802. The second-order valence-corrected chi connectivity index (χ2v) is 5.27. The summed E-state index contributed by atoms with van der Waals surface area (Å²) < 4.78 is 0. The molecule has 2 unspecified atom stereocenters. The smallest absolute Gasteiger partial charge is 0.225 e. The molecule has 0 spiro atoms. The lowest BCUT2D eigenvalue weighted by atomic mass is 10.0. The van der Waals surface area contributed by atoms with Gasteiger partial charge in [0.15, 0.2) is 0 Å². The van der Waals surface area contributed by atoms with Crippen molar-refractivity contribution in [3.63, 3.8) is 0 Å². The minimum absolute atomic E-state index is 0.0357. The van der Waals surface area contributed by atoms with Crippen molar-refractivity contribution < 1.29 is 4.79 Å². The fourth-order valence-corrected chi connectivity index (χ4v) is 2.58. The summed E-state index contributed by atoms with van der Waals surface area (Å²) in [5.74, 6) is 0.0363. The average molecular weight is 281 g/mol. The molecule has 0 bridgehead atoms. The van der Waals surface area contributed by atoms with E-state index in [1.807, 2.05) is 48.5 Å². The van der Waals surface area contributed by atoms with Crippen LogP contribution in [-0.2, 0) is 11.2 Å². The Morgan fingerprint density at radius 2 is 1.67 bits per heavy atom. The van der Waals surface area contributed by atoms with Crippen molar-refractivity contribution in [3.8, 4) is 0 Å². The highest BCUT2D eigenvalue weighted by Gasteiger charge is 2.25. The first-order chi connectivity index (χ1) is 10.3. The Kier molecular flexibility index (Phi) is 4.28. The van der Waals surface area contributed by atoms with E-state index in [0.29, 0.717) is 6.42 Å². The number of hydrazine groups is 1. The summed E-state index contributed by atoms with van der Waals surface area (Å²) in [6.07, 6.45) is 1.21. The van der Waals surface area contributed by atoms with Crippen molar-refractivity contribution >= 4 is 5.91 Å². The molecule has 1 saturated heterocycles. The van der Waals surface area contributed by atoms with Crippen LogP contribution in [0.25, 0.3) is 0 Å². The molecule has 0 saturated carbocycles. The Balaban J connectivity index is 1.52. The zero-order valence-corrected chi connectivity index (χ0v) is 11.8. The van der Waals surface area contributed by atoms with Crippen LogP contribution in [0.1, 0.15) is 23.6 Å². The van der Waals surface area contributed by atoms with E-state index in [4.69, 9.17) is 0 Å². The second kappa shape index (κ2) is 6.52. The van der Waals surface area contributed by atoms with E-state index in [1.165, 1.54) is 5.56 Å². The first-order valence-electron chi connectivity index (χ1n) is 7.20. The van der Waals surface area contributed by atoms with Gasteiger partial charge in [-0.2, -0.15) is 0 Å². The van der Waals surface area contributed by atoms with Gasteiger partial charge >= 0.3 is 0 Å². The first kappa shape index (κ1) is 13.8. The molecule has 4 nitrogen and oxygen atoms in total. The molecule has 3 rings (SSSR count). The monoisotopic (exact) mass is 281 g/mol. The number of benzene rings is 2. The van der Waals surface area contributed by atoms with Gasteiger partial charge in [-0.05, 0) is 11.1 Å². The van der Waals surface area contributed by atoms with Crippen LogP contribution in [-0.4, -0.2) is 12.1 Å². The molecular formula is C17H19N3O. The Morgan fingerprint density at radius 3 is 2.38 bits per heavy atom. The molecule has 0 aliphatic carbocycles. The molecule has 3 N–H and O–H groups in total.